The Labute approximate surface area is 183 Å². The van der Waals surface area contributed by atoms with Crippen molar-refractivity contribution in [1.29, 1.82) is 0 Å². The van der Waals surface area contributed by atoms with Gasteiger partial charge in [-0.05, 0) is 47.8 Å². The van der Waals surface area contributed by atoms with Crippen molar-refractivity contribution in [2.45, 2.75) is 12.2 Å². The fourth-order valence-electron chi connectivity index (χ4n) is 3.48. The predicted molar refractivity (Wildman–Crippen MR) is 120 cm³/mol. The Balaban J connectivity index is 1.06. The molecule has 2 unspecified atom stereocenters. The molecule has 4 aromatic rings. The van der Waals surface area contributed by atoms with E-state index in [1.54, 1.807) is 11.3 Å². The highest BCUT2D eigenvalue weighted by molar-refractivity contribution is 7.17. The van der Waals surface area contributed by atoms with Crippen LogP contribution in [0.4, 0.5) is 0 Å². The lowest BCUT2D eigenvalue weighted by Crippen LogP contribution is -2.41. The van der Waals surface area contributed by atoms with E-state index in [1.807, 2.05) is 60.0 Å². The van der Waals surface area contributed by atoms with Gasteiger partial charge in [-0.25, -0.2) is 0 Å². The molecule has 5 rings (SSSR count). The smallest absolute Gasteiger partial charge is 0.161 e. The fraction of sp³-hybridized carbons (Fsp3) is 0.261. The van der Waals surface area contributed by atoms with E-state index in [2.05, 4.69) is 15.5 Å². The van der Waals surface area contributed by atoms with Crippen LogP contribution in [0.3, 0.4) is 0 Å². The minimum absolute atomic E-state index is 0.0904. The summed E-state index contributed by atoms with van der Waals surface area (Å²) in [6.45, 7) is 1.68. The number of benzene rings is 2. The number of aliphatic hydroxyl groups is 1. The Morgan fingerprint density at radius 3 is 2.87 bits per heavy atom. The molecule has 2 atom stereocenters. The van der Waals surface area contributed by atoms with Crippen molar-refractivity contribution in [2.75, 3.05) is 26.3 Å². The summed E-state index contributed by atoms with van der Waals surface area (Å²) in [4.78, 5) is 0. The van der Waals surface area contributed by atoms with Gasteiger partial charge >= 0.3 is 0 Å². The number of para-hydroxylation sites is 2. The Hall–Kier alpha value is -3.07. The Morgan fingerprint density at radius 1 is 1.16 bits per heavy atom. The molecule has 2 aromatic carbocycles. The number of hydrogen-bond donors (Lipinski definition) is 3. The third-order valence-corrected chi connectivity index (χ3v) is 5.98. The van der Waals surface area contributed by atoms with Crippen molar-refractivity contribution in [1.82, 2.24) is 15.5 Å². The van der Waals surface area contributed by atoms with Crippen LogP contribution >= 0.6 is 11.3 Å². The zero-order valence-electron chi connectivity index (χ0n) is 16.8. The minimum Gasteiger partial charge on any atom is -0.491 e. The van der Waals surface area contributed by atoms with E-state index in [9.17, 15) is 5.11 Å². The molecule has 0 radical (unpaired) electrons. The van der Waals surface area contributed by atoms with Crippen molar-refractivity contribution >= 4 is 21.6 Å². The Kier molecular flexibility index (Phi) is 5.75. The highest BCUT2D eigenvalue weighted by Crippen LogP contribution is 2.32. The number of aromatic nitrogens is 2. The quantitative estimate of drug-likeness (QED) is 0.391. The number of aliphatic hydroxyl groups excluding tert-OH is 1. The van der Waals surface area contributed by atoms with Crippen molar-refractivity contribution < 1.29 is 19.3 Å². The first-order valence-corrected chi connectivity index (χ1v) is 11.1. The lowest BCUT2D eigenvalue weighted by Gasteiger charge is -2.27. The molecule has 31 heavy (non-hydrogen) atoms. The molecule has 0 saturated heterocycles. The van der Waals surface area contributed by atoms with Gasteiger partial charge in [0, 0.05) is 18.7 Å². The summed E-state index contributed by atoms with van der Waals surface area (Å²) in [5, 5.41) is 22.9. The molecule has 7 nitrogen and oxygen atoms in total. The molecule has 0 bridgehead atoms. The van der Waals surface area contributed by atoms with E-state index in [-0.39, 0.29) is 12.7 Å². The number of thiophene rings is 1. The molecule has 0 saturated carbocycles. The highest BCUT2D eigenvalue weighted by atomic mass is 32.1. The van der Waals surface area contributed by atoms with Gasteiger partial charge < -0.3 is 24.6 Å². The van der Waals surface area contributed by atoms with Crippen LogP contribution in [-0.2, 0) is 0 Å². The van der Waals surface area contributed by atoms with E-state index in [4.69, 9.17) is 14.2 Å². The van der Waals surface area contributed by atoms with E-state index >= 15 is 0 Å². The van der Waals surface area contributed by atoms with Crippen LogP contribution in [0.15, 0.2) is 60.0 Å². The van der Waals surface area contributed by atoms with Gasteiger partial charge in [-0.15, -0.1) is 11.3 Å². The molecule has 0 amide bonds. The summed E-state index contributed by atoms with van der Waals surface area (Å²) in [5.74, 6) is 2.23. The fourth-order valence-corrected chi connectivity index (χ4v) is 4.33. The molecule has 3 heterocycles. The number of ether oxygens (including phenoxy) is 3. The van der Waals surface area contributed by atoms with Gasteiger partial charge in [-0.3, -0.25) is 5.10 Å². The van der Waals surface area contributed by atoms with Crippen LogP contribution < -0.4 is 19.5 Å². The van der Waals surface area contributed by atoms with E-state index in [1.165, 1.54) is 0 Å². The van der Waals surface area contributed by atoms with Crippen molar-refractivity contribution in [3.05, 3.63) is 60.0 Å². The van der Waals surface area contributed by atoms with Crippen molar-refractivity contribution in [3.8, 4) is 28.5 Å². The maximum absolute atomic E-state index is 10.2. The molecular weight excluding hydrogens is 414 g/mol. The first kappa shape index (κ1) is 19.9. The largest absolute Gasteiger partial charge is 0.491 e. The first-order valence-electron chi connectivity index (χ1n) is 10.2. The monoisotopic (exact) mass is 437 g/mol. The Morgan fingerprint density at radius 2 is 2.00 bits per heavy atom. The summed E-state index contributed by atoms with van der Waals surface area (Å²) >= 11 is 1.67. The lowest BCUT2D eigenvalue weighted by atomic mass is 10.1. The number of fused-ring (bicyclic) bond motifs is 2. The van der Waals surface area contributed by atoms with Gasteiger partial charge in [0.05, 0.1) is 10.2 Å². The van der Waals surface area contributed by atoms with Crippen LogP contribution in [-0.4, -0.2) is 53.8 Å². The number of nitrogens with zero attached hydrogens (tertiary/aromatic N) is 1. The Bertz CT molecular complexity index is 1140. The minimum atomic E-state index is -0.631. The van der Waals surface area contributed by atoms with Crippen LogP contribution in [0.25, 0.3) is 21.5 Å². The number of aromatic amines is 1. The molecule has 0 aliphatic carbocycles. The van der Waals surface area contributed by atoms with Gasteiger partial charge in [0.1, 0.15) is 36.9 Å². The second kappa shape index (κ2) is 8.97. The summed E-state index contributed by atoms with van der Waals surface area (Å²) < 4.78 is 18.5. The average molecular weight is 438 g/mol. The summed E-state index contributed by atoms with van der Waals surface area (Å²) in [6, 6.07) is 17.4. The molecular formula is C23H23N3O4S. The van der Waals surface area contributed by atoms with Crippen LogP contribution in [0.1, 0.15) is 0 Å². The van der Waals surface area contributed by atoms with Crippen molar-refractivity contribution in [3.63, 3.8) is 0 Å². The first-order chi connectivity index (χ1) is 15.3. The van der Waals surface area contributed by atoms with Crippen LogP contribution in [0.5, 0.6) is 17.2 Å². The van der Waals surface area contributed by atoms with Gasteiger partial charge in [0.15, 0.2) is 11.5 Å². The van der Waals surface area contributed by atoms with E-state index in [0.29, 0.717) is 25.4 Å². The molecule has 8 heteroatoms. The van der Waals surface area contributed by atoms with Gasteiger partial charge in [-0.1, -0.05) is 12.1 Å². The third-order valence-electron chi connectivity index (χ3n) is 5.06. The summed E-state index contributed by atoms with van der Waals surface area (Å²) in [5.41, 5.74) is 3.02. The van der Waals surface area contributed by atoms with Gasteiger partial charge in [0.25, 0.3) is 0 Å². The average Bonchev–Trinajstić information content (AvgIpc) is 3.42. The van der Waals surface area contributed by atoms with Gasteiger partial charge in [0.2, 0.25) is 0 Å². The van der Waals surface area contributed by atoms with Crippen molar-refractivity contribution in [2.24, 2.45) is 0 Å². The normalized spacial score (nSPS) is 16.4. The SMILES string of the molecule is OC(CNCC1COc2ccccc2O1)COc1ccc(-c2n[nH]c3ccsc23)cc1. The van der Waals surface area contributed by atoms with E-state index < -0.39 is 6.10 Å². The maximum Gasteiger partial charge on any atom is 0.161 e. The van der Waals surface area contributed by atoms with Gasteiger partial charge in [-0.2, -0.15) is 5.10 Å². The zero-order chi connectivity index (χ0) is 21.0. The molecule has 2 aromatic heterocycles. The molecule has 0 spiro atoms. The van der Waals surface area contributed by atoms with E-state index in [0.717, 1.165) is 33.0 Å². The number of nitrogens with one attached hydrogen (secondary N) is 2. The standard InChI is InChI=1S/C23H23N3O4S/c27-16(11-24-12-18-14-29-20-3-1-2-4-21(20)30-18)13-28-17-7-5-15(6-8-17)22-23-19(25-26-22)9-10-31-23/h1-10,16,18,24,27H,11-14H2,(H,25,26). The number of hydrogen-bond acceptors (Lipinski definition) is 7. The third kappa shape index (κ3) is 4.51. The van der Waals surface area contributed by atoms with Crippen LogP contribution in [0, 0.1) is 0 Å². The summed E-state index contributed by atoms with van der Waals surface area (Å²) in [7, 11) is 0. The molecule has 1 aliphatic rings. The topological polar surface area (TPSA) is 88.6 Å². The summed E-state index contributed by atoms with van der Waals surface area (Å²) in [6.07, 6.45) is -0.721. The highest BCUT2D eigenvalue weighted by Gasteiger charge is 2.20. The second-order valence-corrected chi connectivity index (χ2v) is 8.30. The van der Waals surface area contributed by atoms with Crippen LogP contribution in [0.2, 0.25) is 0 Å². The molecule has 1 aliphatic heterocycles. The number of rotatable bonds is 8. The predicted octanol–water partition coefficient (Wildman–Crippen LogP) is 3.46. The zero-order valence-corrected chi connectivity index (χ0v) is 17.6. The number of H-pyrrole nitrogens is 1. The molecule has 0 fully saturated rings. The maximum atomic E-state index is 10.2. The molecule has 160 valence electrons. The second-order valence-electron chi connectivity index (χ2n) is 7.38. The molecule has 3 N–H and O–H groups in total. The lowest BCUT2D eigenvalue weighted by molar-refractivity contribution is 0.0778.